The lowest BCUT2D eigenvalue weighted by Gasteiger charge is -2.08. The van der Waals surface area contributed by atoms with Crippen molar-refractivity contribution in [3.63, 3.8) is 0 Å². The molecule has 0 aromatic rings. The molecule has 0 aromatic heterocycles. The van der Waals surface area contributed by atoms with E-state index in [1.807, 2.05) is 0 Å². The molecular formula is C13H24N2. The number of nitrogens with two attached hydrogens (primary N) is 2. The van der Waals surface area contributed by atoms with E-state index in [0.29, 0.717) is 0 Å². The Morgan fingerprint density at radius 2 is 1.27 bits per heavy atom. The molecule has 0 saturated carbocycles. The molecule has 86 valence electrons. The summed E-state index contributed by atoms with van der Waals surface area (Å²) in [7, 11) is 0. The Balaban J connectivity index is 2.22. The van der Waals surface area contributed by atoms with Gasteiger partial charge in [0.2, 0.25) is 0 Å². The van der Waals surface area contributed by atoms with Gasteiger partial charge in [0.05, 0.1) is 0 Å². The highest BCUT2D eigenvalue weighted by atomic mass is 14.5. The van der Waals surface area contributed by atoms with Crippen LogP contribution in [0.5, 0.6) is 0 Å². The molecule has 0 spiro atoms. The summed E-state index contributed by atoms with van der Waals surface area (Å²) in [5.41, 5.74) is 14.1. The number of rotatable bonds is 8. The lowest BCUT2D eigenvalue weighted by atomic mass is 9.99. The average molecular weight is 208 g/mol. The predicted molar refractivity (Wildman–Crippen MR) is 66.6 cm³/mol. The molecule has 2 nitrogen and oxygen atoms in total. The minimum atomic E-state index is 0.819. The van der Waals surface area contributed by atoms with E-state index in [9.17, 15) is 0 Å². The highest BCUT2D eigenvalue weighted by molar-refractivity contribution is 5.36. The molecule has 0 bridgehead atoms. The van der Waals surface area contributed by atoms with E-state index < -0.39 is 0 Å². The van der Waals surface area contributed by atoms with Gasteiger partial charge in [-0.2, -0.15) is 0 Å². The fourth-order valence-electron chi connectivity index (χ4n) is 2.05. The molecule has 0 radical (unpaired) electrons. The van der Waals surface area contributed by atoms with Crippen LogP contribution in [0.4, 0.5) is 0 Å². The zero-order valence-corrected chi connectivity index (χ0v) is 9.67. The summed E-state index contributed by atoms with van der Waals surface area (Å²) in [6, 6.07) is 0. The van der Waals surface area contributed by atoms with Crippen LogP contribution in [0.3, 0.4) is 0 Å². The highest BCUT2D eigenvalue weighted by Gasteiger charge is 2.08. The molecule has 0 atom stereocenters. The first kappa shape index (κ1) is 12.5. The Hall–Kier alpha value is -0.600. The Morgan fingerprint density at radius 1 is 0.800 bits per heavy atom. The second-order valence-corrected chi connectivity index (χ2v) is 4.19. The van der Waals surface area contributed by atoms with Gasteiger partial charge in [-0.1, -0.05) is 12.2 Å². The largest absolute Gasteiger partial charge is 0.330 e. The summed E-state index contributed by atoms with van der Waals surface area (Å²) in [6.07, 6.45) is 13.1. The van der Waals surface area contributed by atoms with Gasteiger partial charge in [0.1, 0.15) is 0 Å². The maximum Gasteiger partial charge on any atom is -0.00772 e. The molecule has 0 amide bonds. The molecule has 4 N–H and O–H groups in total. The van der Waals surface area contributed by atoms with Crippen molar-refractivity contribution < 1.29 is 0 Å². The summed E-state index contributed by atoms with van der Waals surface area (Å²) < 4.78 is 0. The smallest absolute Gasteiger partial charge is 0.00772 e. The van der Waals surface area contributed by atoms with E-state index in [2.05, 4.69) is 12.2 Å². The molecule has 1 aliphatic rings. The van der Waals surface area contributed by atoms with Crippen LogP contribution in [0.15, 0.2) is 23.3 Å². The minimum absolute atomic E-state index is 0.819. The van der Waals surface area contributed by atoms with Crippen molar-refractivity contribution in [1.82, 2.24) is 0 Å². The third kappa shape index (κ3) is 4.63. The Morgan fingerprint density at radius 3 is 1.67 bits per heavy atom. The fraction of sp³-hybridized carbons (Fsp3) is 0.692. The summed E-state index contributed by atoms with van der Waals surface area (Å²) >= 11 is 0. The zero-order valence-electron chi connectivity index (χ0n) is 9.67. The molecule has 15 heavy (non-hydrogen) atoms. The molecule has 0 unspecified atom stereocenters. The second kappa shape index (κ2) is 7.66. The standard InChI is InChI=1S/C13H24N2/c14-10-3-1-6-12-8-5-9-13(12)7-2-4-11-15/h8-9H,1-7,10-11,14-15H2. The lowest BCUT2D eigenvalue weighted by Crippen LogP contribution is -2.00. The van der Waals surface area contributed by atoms with E-state index in [-0.39, 0.29) is 0 Å². The molecule has 0 heterocycles. The van der Waals surface area contributed by atoms with Gasteiger partial charge in [0, 0.05) is 0 Å². The van der Waals surface area contributed by atoms with E-state index in [1.54, 1.807) is 11.1 Å². The van der Waals surface area contributed by atoms with Crippen molar-refractivity contribution in [2.24, 2.45) is 11.5 Å². The Kier molecular flexibility index (Phi) is 6.37. The number of hydrogen-bond acceptors (Lipinski definition) is 2. The van der Waals surface area contributed by atoms with Crippen LogP contribution in [0.2, 0.25) is 0 Å². The van der Waals surface area contributed by atoms with Gasteiger partial charge < -0.3 is 11.5 Å². The van der Waals surface area contributed by atoms with E-state index in [1.165, 1.54) is 25.7 Å². The molecule has 1 rings (SSSR count). The van der Waals surface area contributed by atoms with E-state index >= 15 is 0 Å². The SMILES string of the molecule is NCCCCC1=CCC=C1CCCCN. The first-order valence-corrected chi connectivity index (χ1v) is 6.17. The molecule has 0 saturated heterocycles. The van der Waals surface area contributed by atoms with Gasteiger partial charge in [-0.3, -0.25) is 0 Å². The third-order valence-electron chi connectivity index (χ3n) is 2.94. The third-order valence-corrected chi connectivity index (χ3v) is 2.94. The minimum Gasteiger partial charge on any atom is -0.330 e. The van der Waals surface area contributed by atoms with Crippen LogP contribution >= 0.6 is 0 Å². The predicted octanol–water partition coefficient (Wildman–Crippen LogP) is 2.50. The topological polar surface area (TPSA) is 52.0 Å². The lowest BCUT2D eigenvalue weighted by molar-refractivity contribution is 0.715. The van der Waals surface area contributed by atoms with Gasteiger partial charge in [0.25, 0.3) is 0 Å². The fourth-order valence-corrected chi connectivity index (χ4v) is 2.05. The average Bonchev–Trinajstić information content (AvgIpc) is 2.67. The molecule has 2 heteroatoms. The number of hydrogen-bond donors (Lipinski definition) is 2. The summed E-state index contributed by atoms with van der Waals surface area (Å²) in [5, 5.41) is 0. The van der Waals surface area contributed by atoms with E-state index in [4.69, 9.17) is 11.5 Å². The van der Waals surface area contributed by atoms with Crippen molar-refractivity contribution in [1.29, 1.82) is 0 Å². The monoisotopic (exact) mass is 208 g/mol. The Labute approximate surface area is 93.4 Å². The number of unbranched alkanes of at least 4 members (excludes halogenated alkanes) is 2. The molecule has 0 aromatic carbocycles. The zero-order chi connectivity index (χ0) is 10.9. The van der Waals surface area contributed by atoms with Crippen LogP contribution in [0.25, 0.3) is 0 Å². The first-order chi connectivity index (χ1) is 7.38. The van der Waals surface area contributed by atoms with Crippen molar-refractivity contribution in [3.05, 3.63) is 23.3 Å². The molecule has 0 fully saturated rings. The molecule has 0 aliphatic heterocycles. The van der Waals surface area contributed by atoms with Crippen LogP contribution in [-0.2, 0) is 0 Å². The Bertz CT molecular complexity index is 205. The van der Waals surface area contributed by atoms with Crippen molar-refractivity contribution >= 4 is 0 Å². The maximum atomic E-state index is 5.50. The van der Waals surface area contributed by atoms with Crippen LogP contribution in [0, 0.1) is 0 Å². The van der Waals surface area contributed by atoms with Gasteiger partial charge in [-0.15, -0.1) is 0 Å². The second-order valence-electron chi connectivity index (χ2n) is 4.19. The summed E-state index contributed by atoms with van der Waals surface area (Å²) in [4.78, 5) is 0. The molecular weight excluding hydrogens is 184 g/mol. The normalized spacial score (nSPS) is 15.3. The van der Waals surface area contributed by atoms with Gasteiger partial charge >= 0.3 is 0 Å². The van der Waals surface area contributed by atoms with Crippen molar-refractivity contribution in [3.8, 4) is 0 Å². The quantitative estimate of drug-likeness (QED) is 0.602. The van der Waals surface area contributed by atoms with Crippen molar-refractivity contribution in [2.45, 2.75) is 44.9 Å². The van der Waals surface area contributed by atoms with Crippen molar-refractivity contribution in [2.75, 3.05) is 13.1 Å². The maximum absolute atomic E-state index is 5.50. The van der Waals surface area contributed by atoms with Crippen LogP contribution in [0.1, 0.15) is 44.9 Å². The highest BCUT2D eigenvalue weighted by Crippen LogP contribution is 2.27. The van der Waals surface area contributed by atoms with Gasteiger partial charge in [-0.25, -0.2) is 0 Å². The van der Waals surface area contributed by atoms with E-state index in [0.717, 1.165) is 32.4 Å². The number of allylic oxidation sites excluding steroid dienone is 4. The summed E-state index contributed by atoms with van der Waals surface area (Å²) in [6.45, 7) is 1.64. The molecule has 1 aliphatic carbocycles. The first-order valence-electron chi connectivity index (χ1n) is 6.17. The van der Waals surface area contributed by atoms with Crippen LogP contribution in [-0.4, -0.2) is 13.1 Å². The summed E-state index contributed by atoms with van der Waals surface area (Å²) in [5.74, 6) is 0. The van der Waals surface area contributed by atoms with Crippen LogP contribution < -0.4 is 11.5 Å². The van der Waals surface area contributed by atoms with Gasteiger partial charge in [-0.05, 0) is 69.2 Å². The van der Waals surface area contributed by atoms with Gasteiger partial charge in [0.15, 0.2) is 0 Å².